The number of esters is 2. The topological polar surface area (TPSA) is 110 Å². The molecule has 3 aromatic rings. The zero-order valence-electron chi connectivity index (χ0n) is 19.4. The Morgan fingerprint density at radius 3 is 2.08 bits per heavy atom. The molecule has 0 bridgehead atoms. The van der Waals surface area contributed by atoms with E-state index < -0.39 is 36.3 Å². The van der Waals surface area contributed by atoms with E-state index in [0.29, 0.717) is 5.69 Å². The van der Waals surface area contributed by atoms with E-state index in [0.717, 1.165) is 4.90 Å². The summed E-state index contributed by atoms with van der Waals surface area (Å²) in [4.78, 5) is 65.2. The van der Waals surface area contributed by atoms with Crippen LogP contribution in [0.25, 0.3) is 0 Å². The number of amides is 3. The van der Waals surface area contributed by atoms with Crippen molar-refractivity contribution in [3.63, 3.8) is 0 Å². The predicted octanol–water partition coefficient (Wildman–Crippen LogP) is 3.24. The molecule has 9 nitrogen and oxygen atoms in total. The number of carbonyl (C=O) groups excluding carboxylic acids is 5. The highest BCUT2D eigenvalue weighted by atomic mass is 16.5. The first kappa shape index (κ1) is 24.3. The minimum absolute atomic E-state index is 0.0495. The Labute approximate surface area is 206 Å². The third-order valence-electron chi connectivity index (χ3n) is 5.42. The Morgan fingerprint density at radius 2 is 1.44 bits per heavy atom. The summed E-state index contributed by atoms with van der Waals surface area (Å²) >= 11 is 0. The average Bonchev–Trinajstić information content (AvgIpc) is 3.16. The molecule has 36 heavy (non-hydrogen) atoms. The highest BCUT2D eigenvalue weighted by Gasteiger charge is 2.36. The lowest BCUT2D eigenvalue weighted by atomic mass is 10.1. The van der Waals surface area contributed by atoms with Gasteiger partial charge in [0.1, 0.15) is 6.54 Å². The van der Waals surface area contributed by atoms with Gasteiger partial charge >= 0.3 is 11.9 Å². The third kappa shape index (κ3) is 5.00. The Morgan fingerprint density at radius 1 is 0.806 bits per heavy atom. The van der Waals surface area contributed by atoms with E-state index in [1.807, 2.05) is 0 Å². The van der Waals surface area contributed by atoms with Crippen molar-refractivity contribution in [2.75, 3.05) is 29.6 Å². The number of hydrogen-bond donors (Lipinski definition) is 0. The molecule has 9 heteroatoms. The van der Waals surface area contributed by atoms with E-state index >= 15 is 0 Å². The van der Waals surface area contributed by atoms with Gasteiger partial charge in [-0.1, -0.05) is 36.4 Å². The summed E-state index contributed by atoms with van der Waals surface area (Å²) in [5, 5.41) is 0. The molecule has 0 aliphatic carbocycles. The smallest absolute Gasteiger partial charge is 0.338 e. The minimum atomic E-state index is -0.828. The SMILES string of the molecule is CCOC(=O)CN(C(=O)COC(=O)c1cccc(N2C(=O)c3ccccc3C2=O)c1)c1ccccc1. The van der Waals surface area contributed by atoms with E-state index in [1.165, 1.54) is 29.2 Å². The van der Waals surface area contributed by atoms with E-state index in [-0.39, 0.29) is 35.5 Å². The molecular weight excluding hydrogens is 464 g/mol. The van der Waals surface area contributed by atoms with Crippen LogP contribution >= 0.6 is 0 Å². The van der Waals surface area contributed by atoms with Crippen molar-refractivity contribution < 1.29 is 33.4 Å². The maximum Gasteiger partial charge on any atom is 0.338 e. The van der Waals surface area contributed by atoms with Gasteiger partial charge < -0.3 is 9.47 Å². The van der Waals surface area contributed by atoms with Gasteiger partial charge in [0.25, 0.3) is 17.7 Å². The predicted molar refractivity (Wildman–Crippen MR) is 130 cm³/mol. The summed E-state index contributed by atoms with van der Waals surface area (Å²) in [6.07, 6.45) is 0. The molecule has 0 spiro atoms. The van der Waals surface area contributed by atoms with Crippen LogP contribution in [0, 0.1) is 0 Å². The fourth-order valence-corrected chi connectivity index (χ4v) is 3.75. The Balaban J connectivity index is 1.47. The minimum Gasteiger partial charge on any atom is -0.465 e. The largest absolute Gasteiger partial charge is 0.465 e. The number of carbonyl (C=O) groups is 5. The first-order valence-corrected chi connectivity index (χ1v) is 11.2. The second-order valence-electron chi connectivity index (χ2n) is 7.74. The van der Waals surface area contributed by atoms with E-state index in [9.17, 15) is 24.0 Å². The van der Waals surface area contributed by atoms with Crippen LogP contribution in [-0.2, 0) is 19.1 Å². The number of benzene rings is 3. The van der Waals surface area contributed by atoms with Crippen LogP contribution in [0.2, 0.25) is 0 Å². The molecule has 1 aliphatic heterocycles. The van der Waals surface area contributed by atoms with Crippen molar-refractivity contribution in [1.29, 1.82) is 0 Å². The van der Waals surface area contributed by atoms with Gasteiger partial charge in [-0.15, -0.1) is 0 Å². The molecule has 0 saturated carbocycles. The van der Waals surface area contributed by atoms with Crippen LogP contribution in [0.5, 0.6) is 0 Å². The molecule has 0 radical (unpaired) electrons. The fraction of sp³-hybridized carbons (Fsp3) is 0.148. The lowest BCUT2D eigenvalue weighted by Crippen LogP contribution is -2.39. The zero-order chi connectivity index (χ0) is 25.7. The Hall–Kier alpha value is -4.79. The number of anilines is 2. The average molecular weight is 486 g/mol. The normalized spacial score (nSPS) is 12.2. The van der Waals surface area contributed by atoms with Crippen molar-refractivity contribution in [2.45, 2.75) is 6.92 Å². The maximum absolute atomic E-state index is 12.9. The quantitative estimate of drug-likeness (QED) is 0.355. The van der Waals surface area contributed by atoms with Gasteiger partial charge in [-0.3, -0.25) is 24.1 Å². The van der Waals surface area contributed by atoms with Crippen LogP contribution in [-0.4, -0.2) is 49.4 Å². The Kier molecular flexibility index (Phi) is 7.20. The standard InChI is InChI=1S/C27H22N2O7/c1-2-35-24(31)16-28(19-10-4-3-5-11-19)23(30)17-36-27(34)18-9-8-12-20(15-18)29-25(32)21-13-6-7-14-22(21)26(29)33/h3-15H,2,16-17H2,1H3. The molecule has 4 rings (SSSR count). The van der Waals surface area contributed by atoms with E-state index in [4.69, 9.17) is 9.47 Å². The highest BCUT2D eigenvalue weighted by Crippen LogP contribution is 2.28. The fourth-order valence-electron chi connectivity index (χ4n) is 3.75. The molecule has 3 amide bonds. The lowest BCUT2D eigenvalue weighted by molar-refractivity contribution is -0.142. The molecule has 0 atom stereocenters. The molecule has 1 heterocycles. The van der Waals surface area contributed by atoms with Crippen LogP contribution < -0.4 is 9.80 Å². The number of para-hydroxylation sites is 1. The zero-order valence-corrected chi connectivity index (χ0v) is 19.4. The third-order valence-corrected chi connectivity index (χ3v) is 5.42. The van der Waals surface area contributed by atoms with Gasteiger partial charge in [0.2, 0.25) is 0 Å². The first-order chi connectivity index (χ1) is 17.4. The van der Waals surface area contributed by atoms with Crippen LogP contribution in [0.3, 0.4) is 0 Å². The van der Waals surface area contributed by atoms with Crippen molar-refractivity contribution >= 4 is 41.0 Å². The van der Waals surface area contributed by atoms with Crippen molar-refractivity contribution in [3.05, 3.63) is 95.6 Å². The molecule has 1 aliphatic rings. The molecule has 0 saturated heterocycles. The number of nitrogens with zero attached hydrogens (tertiary/aromatic N) is 2. The molecule has 0 aromatic heterocycles. The van der Waals surface area contributed by atoms with Gasteiger partial charge in [-0.25, -0.2) is 9.69 Å². The first-order valence-electron chi connectivity index (χ1n) is 11.2. The van der Waals surface area contributed by atoms with Gasteiger partial charge in [0, 0.05) is 5.69 Å². The van der Waals surface area contributed by atoms with Crippen LogP contribution in [0.4, 0.5) is 11.4 Å². The number of imide groups is 1. The lowest BCUT2D eigenvalue weighted by Gasteiger charge is -2.21. The molecule has 0 fully saturated rings. The van der Waals surface area contributed by atoms with Gasteiger partial charge in [-0.2, -0.15) is 0 Å². The molecule has 182 valence electrons. The molecule has 0 unspecified atom stereocenters. The van der Waals surface area contributed by atoms with Gasteiger partial charge in [0.15, 0.2) is 6.61 Å². The van der Waals surface area contributed by atoms with Gasteiger partial charge in [0.05, 0.1) is 29.0 Å². The number of fused-ring (bicyclic) bond motifs is 1. The number of hydrogen-bond acceptors (Lipinski definition) is 7. The van der Waals surface area contributed by atoms with Crippen molar-refractivity contribution in [3.8, 4) is 0 Å². The summed E-state index contributed by atoms with van der Waals surface area (Å²) < 4.78 is 10.1. The number of rotatable bonds is 8. The van der Waals surface area contributed by atoms with Gasteiger partial charge in [-0.05, 0) is 49.4 Å². The molecular formula is C27H22N2O7. The molecule has 0 N–H and O–H groups in total. The summed E-state index contributed by atoms with van der Waals surface area (Å²) in [5.41, 5.74) is 1.26. The van der Waals surface area contributed by atoms with Crippen molar-refractivity contribution in [2.24, 2.45) is 0 Å². The highest BCUT2D eigenvalue weighted by molar-refractivity contribution is 6.34. The van der Waals surface area contributed by atoms with E-state index in [1.54, 1.807) is 61.5 Å². The second kappa shape index (κ2) is 10.6. The number of ether oxygens (including phenoxy) is 2. The van der Waals surface area contributed by atoms with Crippen LogP contribution in [0.1, 0.15) is 38.0 Å². The Bertz CT molecular complexity index is 1300. The van der Waals surface area contributed by atoms with Crippen molar-refractivity contribution in [1.82, 2.24) is 0 Å². The molecule has 3 aromatic carbocycles. The van der Waals surface area contributed by atoms with E-state index in [2.05, 4.69) is 0 Å². The monoisotopic (exact) mass is 486 g/mol. The summed E-state index contributed by atoms with van der Waals surface area (Å²) in [7, 11) is 0. The summed E-state index contributed by atoms with van der Waals surface area (Å²) in [5.74, 6) is -3.04. The summed E-state index contributed by atoms with van der Waals surface area (Å²) in [6, 6.07) is 20.8. The summed E-state index contributed by atoms with van der Waals surface area (Å²) in [6.45, 7) is 0.840. The second-order valence-corrected chi connectivity index (χ2v) is 7.74. The maximum atomic E-state index is 12.9. The van der Waals surface area contributed by atoms with Crippen LogP contribution in [0.15, 0.2) is 78.9 Å².